The van der Waals surface area contributed by atoms with E-state index in [0.29, 0.717) is 27.3 Å². The molecule has 4 aromatic carbocycles. The normalized spacial score (nSPS) is 14.6. The highest BCUT2D eigenvalue weighted by molar-refractivity contribution is 8.12. The SMILES string of the molecule is COP(=O)(OC)C(SC(c1cc(C(C)(C)C)c(O)c(C(C)(C)C)c1)P(=O)(c1ccccc1)c1ccccc1)c1cc(C(C)(C)C)c(O)c(C(C)(C)C)c1. The molecule has 0 fully saturated rings. The topological polar surface area (TPSA) is 93.1 Å². The Morgan fingerprint density at radius 2 is 0.792 bits per heavy atom. The van der Waals surface area contributed by atoms with Gasteiger partial charge in [-0.15, -0.1) is 11.8 Å². The van der Waals surface area contributed by atoms with Gasteiger partial charge in [-0.2, -0.15) is 0 Å². The van der Waals surface area contributed by atoms with Gasteiger partial charge in [-0.3, -0.25) is 4.57 Å². The van der Waals surface area contributed by atoms with E-state index in [1.807, 2.05) is 126 Å². The molecule has 0 aliphatic heterocycles. The fraction of sp³-hybridized carbons (Fsp3) is 0.455. The molecule has 0 spiro atoms. The molecule has 0 saturated heterocycles. The van der Waals surface area contributed by atoms with E-state index in [2.05, 4.69) is 41.5 Å². The lowest BCUT2D eigenvalue weighted by atomic mass is 9.78. The van der Waals surface area contributed by atoms with Crippen LogP contribution in [0.3, 0.4) is 0 Å². The van der Waals surface area contributed by atoms with E-state index in [4.69, 9.17) is 9.05 Å². The molecule has 9 heteroatoms. The number of hydrogen-bond donors (Lipinski definition) is 2. The number of phenolic OH excluding ortho intramolecular Hbond substituents is 2. The zero-order valence-electron chi connectivity index (χ0n) is 34.1. The zero-order chi connectivity index (χ0) is 39.9. The van der Waals surface area contributed by atoms with Crippen molar-refractivity contribution < 1.29 is 28.4 Å². The van der Waals surface area contributed by atoms with E-state index >= 15 is 9.13 Å². The van der Waals surface area contributed by atoms with Crippen LogP contribution in [0.5, 0.6) is 11.5 Å². The lowest BCUT2D eigenvalue weighted by Gasteiger charge is -2.36. The van der Waals surface area contributed by atoms with Crippen molar-refractivity contribution in [1.29, 1.82) is 0 Å². The van der Waals surface area contributed by atoms with Crippen LogP contribution in [0.15, 0.2) is 84.9 Å². The second-order valence-electron chi connectivity index (χ2n) is 18.0. The maximum Gasteiger partial charge on any atom is 0.347 e. The van der Waals surface area contributed by atoms with E-state index in [9.17, 15) is 10.2 Å². The summed E-state index contributed by atoms with van der Waals surface area (Å²) in [7, 11) is -4.90. The molecule has 4 aromatic rings. The molecule has 53 heavy (non-hydrogen) atoms. The molecule has 0 saturated carbocycles. The van der Waals surface area contributed by atoms with Gasteiger partial charge < -0.3 is 23.8 Å². The average molecular weight is 779 g/mol. The molecule has 0 bridgehead atoms. The third kappa shape index (κ3) is 8.87. The van der Waals surface area contributed by atoms with Crippen molar-refractivity contribution in [2.75, 3.05) is 14.2 Å². The highest BCUT2D eigenvalue weighted by Crippen LogP contribution is 2.74. The van der Waals surface area contributed by atoms with Crippen LogP contribution in [-0.4, -0.2) is 24.4 Å². The maximum atomic E-state index is 16.6. The molecule has 6 nitrogen and oxygen atoms in total. The first-order valence-corrected chi connectivity index (χ1v) is 22.5. The molecule has 288 valence electrons. The summed E-state index contributed by atoms with van der Waals surface area (Å²) in [5, 5.41) is 24.8. The molecule has 2 N–H and O–H groups in total. The van der Waals surface area contributed by atoms with Crippen LogP contribution in [0.4, 0.5) is 0 Å². The Bertz CT molecular complexity index is 1880. The lowest BCUT2D eigenvalue weighted by molar-refractivity contribution is 0.273. The molecule has 0 aliphatic carbocycles. The number of aromatic hydroxyl groups is 2. The molecule has 0 aromatic heterocycles. The van der Waals surface area contributed by atoms with Crippen LogP contribution in [0, 0.1) is 0 Å². The Balaban J connectivity index is 2.25. The first kappa shape index (κ1) is 42.9. The summed E-state index contributed by atoms with van der Waals surface area (Å²) < 4.78 is 43.4. The first-order valence-electron chi connectivity index (χ1n) is 18.1. The Morgan fingerprint density at radius 1 is 0.509 bits per heavy atom. The third-order valence-corrected chi connectivity index (χ3v) is 18.2. The second kappa shape index (κ2) is 15.4. The molecule has 0 radical (unpaired) electrons. The molecule has 0 aliphatic rings. The Morgan fingerprint density at radius 3 is 1.06 bits per heavy atom. The summed E-state index contributed by atoms with van der Waals surface area (Å²) in [5.41, 5.74) is 2.35. The van der Waals surface area contributed by atoms with Crippen molar-refractivity contribution in [2.24, 2.45) is 0 Å². The number of thioether (sulfide) groups is 1. The zero-order valence-corrected chi connectivity index (χ0v) is 36.7. The number of benzene rings is 4. The van der Waals surface area contributed by atoms with Gasteiger partial charge in [0.1, 0.15) is 16.5 Å². The molecule has 4 rings (SSSR count). The second-order valence-corrected chi connectivity index (χ2v) is 25.1. The minimum atomic E-state index is -3.99. The minimum Gasteiger partial charge on any atom is -0.507 e. The summed E-state index contributed by atoms with van der Waals surface area (Å²) >= 11 is 1.30. The van der Waals surface area contributed by atoms with Crippen LogP contribution in [-0.2, 0) is 39.8 Å². The van der Waals surface area contributed by atoms with Crippen molar-refractivity contribution in [1.82, 2.24) is 0 Å². The van der Waals surface area contributed by atoms with Crippen molar-refractivity contribution >= 4 is 37.1 Å². The van der Waals surface area contributed by atoms with Gasteiger partial charge in [-0.1, -0.05) is 144 Å². The summed E-state index contributed by atoms with van der Waals surface area (Å²) in [6.45, 7) is 24.5. The van der Waals surface area contributed by atoms with Crippen LogP contribution in [0.2, 0.25) is 0 Å². The van der Waals surface area contributed by atoms with Gasteiger partial charge in [0.05, 0.1) is 4.99 Å². The first-order chi connectivity index (χ1) is 24.3. The van der Waals surface area contributed by atoms with E-state index in [-0.39, 0.29) is 11.5 Å². The minimum absolute atomic E-state index is 0.195. The van der Waals surface area contributed by atoms with Crippen molar-refractivity contribution in [2.45, 2.75) is 115 Å². The molecule has 2 atom stereocenters. The summed E-state index contributed by atoms with van der Waals surface area (Å²) in [5.74, 6) is 0.409. The summed E-state index contributed by atoms with van der Waals surface area (Å²) in [4.78, 5) is -1.81. The average Bonchev–Trinajstić information content (AvgIpc) is 3.07. The monoisotopic (exact) mass is 778 g/mol. The largest absolute Gasteiger partial charge is 0.507 e. The van der Waals surface area contributed by atoms with Crippen molar-refractivity contribution in [3.05, 3.63) is 118 Å². The molecular weight excluding hydrogens is 718 g/mol. The van der Waals surface area contributed by atoms with Crippen LogP contribution < -0.4 is 10.6 Å². The van der Waals surface area contributed by atoms with Gasteiger partial charge in [-0.05, 0) is 79.3 Å². The molecule has 0 heterocycles. The maximum absolute atomic E-state index is 16.6. The van der Waals surface area contributed by atoms with Gasteiger partial charge in [0, 0.05) is 24.8 Å². The Labute approximate surface area is 323 Å². The van der Waals surface area contributed by atoms with Crippen LogP contribution in [0.25, 0.3) is 0 Å². The molecular formula is C44H60O6P2S. The molecule has 2 unspecified atom stereocenters. The number of phenols is 2. The number of hydrogen-bond acceptors (Lipinski definition) is 7. The standard InChI is InChI=1S/C44H60O6P2S/c1-41(2,3)33-25-29(26-34(37(33)45)42(4,5)6)39(51(47,31-21-17-15-18-22-31)32-23-19-16-20-24-32)53-40(52(48,49-13)50-14)30-27-35(43(7,8)9)38(46)36(28-30)44(10,11)12/h15-28,39-40,45-46H,1-14H3. The predicted octanol–water partition coefficient (Wildman–Crippen LogP) is 12.2. The van der Waals surface area contributed by atoms with Crippen molar-refractivity contribution in [3.63, 3.8) is 0 Å². The van der Waals surface area contributed by atoms with Gasteiger partial charge in [0.15, 0.2) is 7.14 Å². The summed E-state index contributed by atoms with van der Waals surface area (Å²) in [6.07, 6.45) is 0. The van der Waals surface area contributed by atoms with Gasteiger partial charge >= 0.3 is 7.60 Å². The van der Waals surface area contributed by atoms with Crippen molar-refractivity contribution in [3.8, 4) is 11.5 Å². The molecule has 0 amide bonds. The van der Waals surface area contributed by atoms with E-state index in [1.165, 1.54) is 26.0 Å². The number of rotatable bonds is 10. The smallest absolute Gasteiger partial charge is 0.347 e. The summed E-state index contributed by atoms with van der Waals surface area (Å²) in [6, 6.07) is 26.7. The fourth-order valence-electron chi connectivity index (χ4n) is 6.70. The highest BCUT2D eigenvalue weighted by Gasteiger charge is 2.47. The van der Waals surface area contributed by atoms with Gasteiger partial charge in [0.25, 0.3) is 0 Å². The van der Waals surface area contributed by atoms with E-state index in [1.54, 1.807) is 0 Å². The van der Waals surface area contributed by atoms with Crippen LogP contribution in [0.1, 0.15) is 126 Å². The van der Waals surface area contributed by atoms with E-state index in [0.717, 1.165) is 16.7 Å². The lowest BCUT2D eigenvalue weighted by Crippen LogP contribution is -2.23. The fourth-order valence-corrected chi connectivity index (χ4v) is 14.8. The van der Waals surface area contributed by atoms with Crippen LogP contribution >= 0.6 is 26.5 Å². The Kier molecular flexibility index (Phi) is 12.5. The van der Waals surface area contributed by atoms with Gasteiger partial charge in [-0.25, -0.2) is 0 Å². The third-order valence-electron chi connectivity index (χ3n) is 9.73. The quantitative estimate of drug-likeness (QED) is 0.155. The predicted molar refractivity (Wildman–Crippen MR) is 225 cm³/mol. The highest BCUT2D eigenvalue weighted by atomic mass is 32.2. The van der Waals surface area contributed by atoms with E-state index < -0.39 is 46.4 Å². The Hall–Kier alpha value is -2.79. The van der Waals surface area contributed by atoms with Gasteiger partial charge in [0.2, 0.25) is 0 Å².